The minimum absolute atomic E-state index is 0.114. The topological polar surface area (TPSA) is 9.23 Å². The molecule has 0 aromatic rings. The average molecular weight is 290 g/mol. The summed E-state index contributed by atoms with van der Waals surface area (Å²) in [5, 5.41) is 0. The number of hydrogen-bond acceptors (Lipinski definition) is 1. The van der Waals surface area contributed by atoms with Gasteiger partial charge in [0.2, 0.25) is 0 Å². The SMILES string of the molecule is CC(C)=CCCC(C)=CCOC(C)(C)C1=CCC(C)CC1. The minimum Gasteiger partial charge on any atom is -0.367 e. The number of allylic oxidation sites excluding steroid dienone is 4. The lowest BCUT2D eigenvalue weighted by atomic mass is 9.84. The zero-order valence-electron chi connectivity index (χ0n) is 15.0. The van der Waals surface area contributed by atoms with Crippen LogP contribution in [0, 0.1) is 5.92 Å². The Balaban J connectivity index is 2.41. The van der Waals surface area contributed by atoms with Gasteiger partial charge in [0.15, 0.2) is 0 Å². The van der Waals surface area contributed by atoms with Gasteiger partial charge in [-0.2, -0.15) is 0 Å². The molecule has 0 aliphatic heterocycles. The van der Waals surface area contributed by atoms with Crippen LogP contribution in [0.15, 0.2) is 34.9 Å². The normalized spacial score (nSPS) is 20.2. The van der Waals surface area contributed by atoms with Gasteiger partial charge in [0, 0.05) is 0 Å². The summed E-state index contributed by atoms with van der Waals surface area (Å²) >= 11 is 0. The third kappa shape index (κ3) is 7.13. The van der Waals surface area contributed by atoms with Crippen LogP contribution >= 0.6 is 0 Å². The van der Waals surface area contributed by atoms with Crippen molar-refractivity contribution in [2.24, 2.45) is 5.92 Å². The molecule has 1 unspecified atom stereocenters. The van der Waals surface area contributed by atoms with Crippen LogP contribution in [0.5, 0.6) is 0 Å². The van der Waals surface area contributed by atoms with Crippen molar-refractivity contribution in [3.63, 3.8) is 0 Å². The summed E-state index contributed by atoms with van der Waals surface area (Å²) in [4.78, 5) is 0. The van der Waals surface area contributed by atoms with Gasteiger partial charge in [0.05, 0.1) is 12.2 Å². The third-order valence-corrected chi connectivity index (χ3v) is 4.41. The van der Waals surface area contributed by atoms with Gasteiger partial charge in [-0.1, -0.05) is 36.3 Å². The average Bonchev–Trinajstić information content (AvgIpc) is 2.38. The summed E-state index contributed by atoms with van der Waals surface area (Å²) in [5.41, 5.74) is 4.20. The van der Waals surface area contributed by atoms with Crippen LogP contribution in [0.3, 0.4) is 0 Å². The molecule has 0 aromatic carbocycles. The Morgan fingerprint density at radius 2 is 2.00 bits per heavy atom. The van der Waals surface area contributed by atoms with Crippen molar-refractivity contribution in [3.8, 4) is 0 Å². The zero-order valence-corrected chi connectivity index (χ0v) is 15.0. The second-order valence-corrected chi connectivity index (χ2v) is 7.30. The van der Waals surface area contributed by atoms with Gasteiger partial charge < -0.3 is 4.74 Å². The molecule has 21 heavy (non-hydrogen) atoms. The Morgan fingerprint density at radius 1 is 1.29 bits per heavy atom. The van der Waals surface area contributed by atoms with Gasteiger partial charge in [-0.15, -0.1) is 0 Å². The van der Waals surface area contributed by atoms with Crippen LogP contribution in [0.2, 0.25) is 0 Å². The molecule has 1 atom stereocenters. The van der Waals surface area contributed by atoms with Crippen LogP contribution in [0.1, 0.15) is 73.6 Å². The maximum atomic E-state index is 6.14. The molecule has 0 saturated heterocycles. The van der Waals surface area contributed by atoms with E-state index in [-0.39, 0.29) is 5.60 Å². The Morgan fingerprint density at radius 3 is 2.57 bits per heavy atom. The molecule has 1 nitrogen and oxygen atoms in total. The smallest absolute Gasteiger partial charge is 0.0839 e. The lowest BCUT2D eigenvalue weighted by molar-refractivity contribution is 0.0245. The van der Waals surface area contributed by atoms with Gasteiger partial charge in [-0.05, 0) is 78.2 Å². The monoisotopic (exact) mass is 290 g/mol. The molecule has 1 aliphatic rings. The van der Waals surface area contributed by atoms with Crippen LogP contribution < -0.4 is 0 Å². The molecule has 0 spiro atoms. The minimum atomic E-state index is -0.114. The van der Waals surface area contributed by atoms with E-state index in [2.05, 4.69) is 59.8 Å². The van der Waals surface area contributed by atoms with Crippen LogP contribution in [-0.4, -0.2) is 12.2 Å². The predicted octanol–water partition coefficient (Wildman–Crippen LogP) is 6.22. The first-order chi connectivity index (χ1) is 9.81. The van der Waals surface area contributed by atoms with Crippen LogP contribution in [-0.2, 0) is 4.74 Å². The van der Waals surface area contributed by atoms with Crippen LogP contribution in [0.4, 0.5) is 0 Å². The molecule has 0 amide bonds. The van der Waals surface area contributed by atoms with Crippen LogP contribution in [0.25, 0.3) is 0 Å². The lowest BCUT2D eigenvalue weighted by Crippen LogP contribution is -2.29. The van der Waals surface area contributed by atoms with Gasteiger partial charge in [0.1, 0.15) is 0 Å². The van der Waals surface area contributed by atoms with Gasteiger partial charge in [-0.3, -0.25) is 0 Å². The first-order valence-corrected chi connectivity index (χ1v) is 8.43. The maximum absolute atomic E-state index is 6.14. The van der Waals surface area contributed by atoms with E-state index in [9.17, 15) is 0 Å². The fraction of sp³-hybridized carbons (Fsp3) is 0.700. The van der Waals surface area contributed by atoms with Crippen molar-refractivity contribution in [2.75, 3.05) is 6.61 Å². The van der Waals surface area contributed by atoms with E-state index in [0.717, 1.165) is 25.4 Å². The van der Waals surface area contributed by atoms with Gasteiger partial charge in [-0.25, -0.2) is 0 Å². The molecule has 0 saturated carbocycles. The van der Waals surface area contributed by atoms with E-state index in [1.165, 1.54) is 36.0 Å². The molecule has 0 radical (unpaired) electrons. The Labute approximate surface area is 132 Å². The lowest BCUT2D eigenvalue weighted by Gasteiger charge is -2.32. The highest BCUT2D eigenvalue weighted by Gasteiger charge is 2.25. The summed E-state index contributed by atoms with van der Waals surface area (Å²) in [6.07, 6.45) is 12.9. The second kappa shape index (κ2) is 8.58. The van der Waals surface area contributed by atoms with Crippen molar-refractivity contribution in [1.82, 2.24) is 0 Å². The summed E-state index contributed by atoms with van der Waals surface area (Å²) in [6, 6.07) is 0. The number of ether oxygens (including phenoxy) is 1. The maximum Gasteiger partial charge on any atom is 0.0839 e. The molecular weight excluding hydrogens is 256 g/mol. The first kappa shape index (κ1) is 18.2. The fourth-order valence-corrected chi connectivity index (χ4v) is 2.69. The Hall–Kier alpha value is -0.820. The second-order valence-electron chi connectivity index (χ2n) is 7.30. The molecule has 1 rings (SSSR count). The Kier molecular flexibility index (Phi) is 7.45. The molecule has 0 bridgehead atoms. The molecule has 0 fully saturated rings. The zero-order chi connectivity index (χ0) is 15.9. The standard InChI is InChI=1S/C20H34O/c1-16(2)8-7-9-17(3)14-15-21-20(5,6)19-12-10-18(4)11-13-19/h8,12,14,18H,7,9-11,13,15H2,1-6H3. The van der Waals surface area contributed by atoms with Crippen molar-refractivity contribution in [1.29, 1.82) is 0 Å². The number of rotatable bonds is 7. The Bertz CT molecular complexity index is 406. The molecule has 0 aromatic heterocycles. The molecular formula is C20H34O. The summed E-state index contributed by atoms with van der Waals surface area (Å²) in [5.74, 6) is 0.835. The van der Waals surface area contributed by atoms with E-state index in [1.807, 2.05) is 0 Å². The highest BCUT2D eigenvalue weighted by molar-refractivity contribution is 5.17. The molecule has 0 N–H and O–H groups in total. The summed E-state index contributed by atoms with van der Waals surface area (Å²) < 4.78 is 6.14. The summed E-state index contributed by atoms with van der Waals surface area (Å²) in [7, 11) is 0. The quantitative estimate of drug-likeness (QED) is 0.506. The van der Waals surface area contributed by atoms with E-state index < -0.39 is 0 Å². The summed E-state index contributed by atoms with van der Waals surface area (Å²) in [6.45, 7) is 14.0. The molecule has 0 heterocycles. The third-order valence-electron chi connectivity index (χ3n) is 4.41. The van der Waals surface area contributed by atoms with Gasteiger partial charge >= 0.3 is 0 Å². The van der Waals surface area contributed by atoms with Crippen molar-refractivity contribution < 1.29 is 4.74 Å². The van der Waals surface area contributed by atoms with E-state index >= 15 is 0 Å². The van der Waals surface area contributed by atoms with Crippen molar-refractivity contribution >= 4 is 0 Å². The van der Waals surface area contributed by atoms with Crippen molar-refractivity contribution in [3.05, 3.63) is 34.9 Å². The molecule has 120 valence electrons. The highest BCUT2D eigenvalue weighted by atomic mass is 16.5. The molecule has 1 heteroatoms. The fourth-order valence-electron chi connectivity index (χ4n) is 2.69. The largest absolute Gasteiger partial charge is 0.367 e. The highest BCUT2D eigenvalue weighted by Crippen LogP contribution is 2.32. The van der Waals surface area contributed by atoms with Gasteiger partial charge in [0.25, 0.3) is 0 Å². The van der Waals surface area contributed by atoms with Crippen molar-refractivity contribution in [2.45, 2.75) is 79.2 Å². The van der Waals surface area contributed by atoms with E-state index in [0.29, 0.717) is 0 Å². The predicted molar refractivity (Wildman–Crippen MR) is 93.6 cm³/mol. The first-order valence-electron chi connectivity index (χ1n) is 8.43. The van der Waals surface area contributed by atoms with E-state index in [4.69, 9.17) is 4.74 Å². The van der Waals surface area contributed by atoms with E-state index in [1.54, 1.807) is 0 Å². The number of hydrogen-bond donors (Lipinski definition) is 0. The molecule has 1 aliphatic carbocycles.